The van der Waals surface area contributed by atoms with Gasteiger partial charge in [0.1, 0.15) is 24.7 Å². The maximum absolute atomic E-state index is 12.2. The van der Waals surface area contributed by atoms with Gasteiger partial charge in [-0.2, -0.15) is 0 Å². The van der Waals surface area contributed by atoms with E-state index in [1.54, 1.807) is 31.2 Å². The number of nitrogens with two attached hydrogens (primary N) is 2. The molecule has 0 spiro atoms. The first kappa shape index (κ1) is 18.7. The molecule has 1 aromatic rings. The lowest BCUT2D eigenvalue weighted by atomic mass is 10.0. The van der Waals surface area contributed by atoms with Crippen LogP contribution in [0.25, 0.3) is 0 Å². The van der Waals surface area contributed by atoms with Crippen molar-refractivity contribution in [1.82, 2.24) is 5.32 Å². The summed E-state index contributed by atoms with van der Waals surface area (Å²) in [6.07, 6.45) is 1.42. The summed E-state index contributed by atoms with van der Waals surface area (Å²) < 4.78 is 6.09. The SMILES string of the molecule is CC(=O)[N+]1(CCOc2cccc(C(=N)N)c2)CCC(NC(N)=O)CC1. The van der Waals surface area contributed by atoms with E-state index in [0.29, 0.717) is 54.9 Å². The largest absolute Gasteiger partial charge is 0.488 e. The summed E-state index contributed by atoms with van der Waals surface area (Å²) in [7, 11) is 0. The van der Waals surface area contributed by atoms with E-state index >= 15 is 0 Å². The highest BCUT2D eigenvalue weighted by Crippen LogP contribution is 2.21. The number of rotatable bonds is 6. The highest BCUT2D eigenvalue weighted by molar-refractivity contribution is 5.95. The molecule has 0 aliphatic carbocycles. The van der Waals surface area contributed by atoms with Gasteiger partial charge in [0, 0.05) is 24.4 Å². The fourth-order valence-corrected chi connectivity index (χ4v) is 3.20. The van der Waals surface area contributed by atoms with Crippen LogP contribution in [0, 0.1) is 5.41 Å². The van der Waals surface area contributed by atoms with Crippen molar-refractivity contribution < 1.29 is 18.8 Å². The van der Waals surface area contributed by atoms with E-state index in [2.05, 4.69) is 5.32 Å². The van der Waals surface area contributed by atoms with E-state index in [9.17, 15) is 9.59 Å². The van der Waals surface area contributed by atoms with E-state index < -0.39 is 6.03 Å². The minimum Gasteiger partial charge on any atom is -0.488 e. The lowest BCUT2D eigenvalue weighted by Crippen LogP contribution is -2.60. The summed E-state index contributed by atoms with van der Waals surface area (Å²) in [5.41, 5.74) is 11.2. The molecule has 136 valence electrons. The monoisotopic (exact) mass is 348 g/mol. The quantitative estimate of drug-likeness (QED) is 0.339. The average molecular weight is 348 g/mol. The summed E-state index contributed by atoms with van der Waals surface area (Å²) in [4.78, 5) is 23.2. The number of benzene rings is 1. The standard InChI is InChI=1S/C17H25N5O3/c1-12(23)22(7-5-14(6-8-22)21-17(20)24)9-10-25-15-4-2-3-13(11-15)16(18)19/h2-4,11,14H,5-10H2,1H3,(H5-,18,19,20,21,24)/p+1. The Kier molecular flexibility index (Phi) is 5.97. The molecule has 6 N–H and O–H groups in total. The number of nitrogen functional groups attached to an aromatic ring is 1. The molecule has 2 rings (SSSR count). The summed E-state index contributed by atoms with van der Waals surface area (Å²) >= 11 is 0. The zero-order valence-corrected chi connectivity index (χ0v) is 14.5. The fourth-order valence-electron chi connectivity index (χ4n) is 3.20. The number of quaternary nitrogens is 1. The molecule has 0 unspecified atom stereocenters. The van der Waals surface area contributed by atoms with Gasteiger partial charge < -0.3 is 21.5 Å². The molecule has 1 saturated heterocycles. The Morgan fingerprint density at radius 2 is 2.00 bits per heavy atom. The van der Waals surface area contributed by atoms with Gasteiger partial charge in [-0.3, -0.25) is 9.89 Å². The molecular weight excluding hydrogens is 322 g/mol. The number of primary amides is 1. The molecule has 8 nitrogen and oxygen atoms in total. The molecule has 1 fully saturated rings. The van der Waals surface area contributed by atoms with E-state index in [-0.39, 0.29) is 17.8 Å². The highest BCUT2D eigenvalue weighted by atomic mass is 16.5. The summed E-state index contributed by atoms with van der Waals surface area (Å²) in [5, 5.41) is 10.2. The molecule has 1 heterocycles. The van der Waals surface area contributed by atoms with Crippen molar-refractivity contribution in [1.29, 1.82) is 5.41 Å². The number of likely N-dealkylation sites (tertiary alicyclic amines) is 1. The lowest BCUT2D eigenvalue weighted by Gasteiger charge is -2.40. The Morgan fingerprint density at radius 1 is 1.32 bits per heavy atom. The Bertz CT molecular complexity index is 653. The fraction of sp³-hybridized carbons (Fsp3) is 0.471. The zero-order chi connectivity index (χ0) is 18.4. The Balaban J connectivity index is 1.92. The van der Waals surface area contributed by atoms with Gasteiger partial charge in [-0.15, -0.1) is 0 Å². The predicted octanol–water partition coefficient (Wildman–Crippen LogP) is 0.543. The van der Waals surface area contributed by atoms with Crippen LogP contribution in [0.5, 0.6) is 5.75 Å². The summed E-state index contributed by atoms with van der Waals surface area (Å²) in [6, 6.07) is 6.53. The van der Waals surface area contributed by atoms with Crippen molar-refractivity contribution in [2.24, 2.45) is 11.5 Å². The molecule has 1 aromatic carbocycles. The average Bonchev–Trinajstić information content (AvgIpc) is 2.56. The Labute approximate surface area is 147 Å². The van der Waals surface area contributed by atoms with Gasteiger partial charge in [-0.25, -0.2) is 9.59 Å². The van der Waals surface area contributed by atoms with Gasteiger partial charge in [-0.1, -0.05) is 12.1 Å². The van der Waals surface area contributed by atoms with Crippen LogP contribution in [-0.4, -0.2) is 54.5 Å². The molecule has 8 heteroatoms. The molecular formula is C17H26N5O3+. The first-order valence-electron chi connectivity index (χ1n) is 8.33. The number of nitrogens with zero attached hydrogens (tertiary/aromatic N) is 1. The number of ether oxygens (including phenoxy) is 1. The third-order valence-electron chi connectivity index (χ3n) is 4.76. The maximum Gasteiger partial charge on any atom is 0.312 e. The topological polar surface area (TPSA) is 131 Å². The minimum atomic E-state index is -0.526. The van der Waals surface area contributed by atoms with Crippen LogP contribution in [0.4, 0.5) is 4.79 Å². The molecule has 0 aromatic heterocycles. The van der Waals surface area contributed by atoms with E-state index in [4.69, 9.17) is 21.6 Å². The van der Waals surface area contributed by atoms with Crippen LogP contribution < -0.4 is 21.5 Å². The molecule has 3 amide bonds. The number of piperidine rings is 1. The van der Waals surface area contributed by atoms with Crippen molar-refractivity contribution >= 4 is 17.8 Å². The highest BCUT2D eigenvalue weighted by Gasteiger charge is 2.38. The van der Waals surface area contributed by atoms with Gasteiger partial charge in [0.15, 0.2) is 0 Å². The van der Waals surface area contributed by atoms with Crippen LogP contribution in [0.1, 0.15) is 25.3 Å². The molecule has 25 heavy (non-hydrogen) atoms. The number of hydrogen-bond donors (Lipinski definition) is 4. The smallest absolute Gasteiger partial charge is 0.312 e. The van der Waals surface area contributed by atoms with Gasteiger partial charge >= 0.3 is 11.9 Å². The molecule has 0 saturated carbocycles. The minimum absolute atomic E-state index is 0.0123. The summed E-state index contributed by atoms with van der Waals surface area (Å²) in [5.74, 6) is 0.708. The van der Waals surface area contributed by atoms with Gasteiger partial charge in [0.2, 0.25) is 0 Å². The molecule has 0 radical (unpaired) electrons. The maximum atomic E-state index is 12.2. The van der Waals surface area contributed by atoms with Gasteiger partial charge in [0.25, 0.3) is 0 Å². The molecule has 0 atom stereocenters. The second-order valence-electron chi connectivity index (χ2n) is 6.41. The second-order valence-corrected chi connectivity index (χ2v) is 6.41. The Morgan fingerprint density at radius 3 is 2.56 bits per heavy atom. The Hall–Kier alpha value is -2.61. The number of carbonyl (C=O) groups is 2. The number of amides is 3. The first-order valence-corrected chi connectivity index (χ1v) is 8.33. The van der Waals surface area contributed by atoms with E-state index in [1.165, 1.54) is 0 Å². The number of carbonyl (C=O) groups excluding carboxylic acids is 2. The van der Waals surface area contributed by atoms with Crippen LogP contribution in [0.15, 0.2) is 24.3 Å². The van der Waals surface area contributed by atoms with E-state index in [1.807, 2.05) is 0 Å². The predicted molar refractivity (Wildman–Crippen MR) is 94.2 cm³/mol. The first-order chi connectivity index (χ1) is 11.8. The van der Waals surface area contributed by atoms with Gasteiger partial charge in [0.05, 0.1) is 20.0 Å². The van der Waals surface area contributed by atoms with Crippen molar-refractivity contribution in [3.63, 3.8) is 0 Å². The normalized spacial score (nSPS) is 22.8. The molecule has 1 aliphatic rings. The molecule has 0 bridgehead atoms. The van der Waals surface area contributed by atoms with Crippen molar-refractivity contribution in [2.45, 2.75) is 25.8 Å². The van der Waals surface area contributed by atoms with Crippen molar-refractivity contribution in [2.75, 3.05) is 26.2 Å². The number of urea groups is 1. The molecule has 1 aliphatic heterocycles. The van der Waals surface area contributed by atoms with Crippen LogP contribution in [0.2, 0.25) is 0 Å². The van der Waals surface area contributed by atoms with E-state index in [0.717, 1.165) is 0 Å². The van der Waals surface area contributed by atoms with Crippen LogP contribution >= 0.6 is 0 Å². The summed E-state index contributed by atoms with van der Waals surface area (Å²) in [6.45, 7) is 3.84. The number of hydrogen-bond acceptors (Lipinski definition) is 4. The van der Waals surface area contributed by atoms with Crippen molar-refractivity contribution in [3.8, 4) is 5.75 Å². The van der Waals surface area contributed by atoms with Crippen molar-refractivity contribution in [3.05, 3.63) is 29.8 Å². The van der Waals surface area contributed by atoms with Gasteiger partial charge in [-0.05, 0) is 12.1 Å². The number of amidine groups is 1. The zero-order valence-electron chi connectivity index (χ0n) is 14.5. The van der Waals surface area contributed by atoms with Crippen LogP contribution in [-0.2, 0) is 4.79 Å². The lowest BCUT2D eigenvalue weighted by molar-refractivity contribution is -0.859. The van der Waals surface area contributed by atoms with Crippen LogP contribution in [0.3, 0.4) is 0 Å². The third kappa shape index (κ3) is 4.93. The second kappa shape index (κ2) is 7.98. The number of nitrogens with one attached hydrogen (secondary N) is 2. The third-order valence-corrected chi connectivity index (χ3v) is 4.76.